The van der Waals surface area contributed by atoms with Crippen LogP contribution in [0.5, 0.6) is 0 Å². The van der Waals surface area contributed by atoms with Crippen LogP contribution in [0.1, 0.15) is 36.8 Å². The summed E-state index contributed by atoms with van der Waals surface area (Å²) in [4.78, 5) is 12.0. The number of amides is 1. The SMILES string of the molecule is Cc1ccc(CCC(=O)NC2CCCC2CO)cc1Cl. The number of hydrogen-bond acceptors (Lipinski definition) is 2. The lowest BCUT2D eigenvalue weighted by molar-refractivity contribution is -0.122. The summed E-state index contributed by atoms with van der Waals surface area (Å²) in [5, 5.41) is 13.0. The zero-order valence-corrected chi connectivity index (χ0v) is 12.6. The van der Waals surface area contributed by atoms with Gasteiger partial charge in [0.1, 0.15) is 0 Å². The van der Waals surface area contributed by atoms with Crippen molar-refractivity contribution in [3.63, 3.8) is 0 Å². The van der Waals surface area contributed by atoms with Crippen LogP contribution in [0.4, 0.5) is 0 Å². The number of aliphatic hydroxyl groups is 1. The molecule has 0 bridgehead atoms. The van der Waals surface area contributed by atoms with Gasteiger partial charge in [0, 0.05) is 30.0 Å². The Kier molecular flexibility index (Phi) is 5.44. The van der Waals surface area contributed by atoms with Crippen LogP contribution >= 0.6 is 11.6 Å². The monoisotopic (exact) mass is 295 g/mol. The number of aryl methyl sites for hydroxylation is 2. The van der Waals surface area contributed by atoms with E-state index in [1.54, 1.807) is 0 Å². The lowest BCUT2D eigenvalue weighted by Gasteiger charge is -2.19. The molecule has 1 aromatic carbocycles. The largest absolute Gasteiger partial charge is 0.396 e. The number of rotatable bonds is 5. The molecule has 1 fully saturated rings. The maximum atomic E-state index is 12.0. The number of aliphatic hydroxyl groups excluding tert-OH is 1. The Morgan fingerprint density at radius 3 is 2.95 bits per heavy atom. The summed E-state index contributed by atoms with van der Waals surface area (Å²) in [5.41, 5.74) is 2.14. The van der Waals surface area contributed by atoms with Crippen LogP contribution in [-0.2, 0) is 11.2 Å². The van der Waals surface area contributed by atoms with E-state index in [0.717, 1.165) is 35.4 Å². The summed E-state index contributed by atoms with van der Waals surface area (Å²) in [6.07, 6.45) is 4.24. The number of carbonyl (C=O) groups excluding carboxylic acids is 1. The highest BCUT2D eigenvalue weighted by molar-refractivity contribution is 6.31. The lowest BCUT2D eigenvalue weighted by atomic mass is 10.0. The van der Waals surface area contributed by atoms with Gasteiger partial charge in [-0.1, -0.05) is 30.2 Å². The minimum atomic E-state index is 0.0621. The molecule has 3 nitrogen and oxygen atoms in total. The van der Waals surface area contributed by atoms with E-state index in [2.05, 4.69) is 5.32 Å². The third-order valence-corrected chi connectivity index (χ3v) is 4.52. The van der Waals surface area contributed by atoms with Crippen molar-refractivity contribution in [2.45, 2.75) is 45.1 Å². The van der Waals surface area contributed by atoms with Crippen molar-refractivity contribution in [2.75, 3.05) is 6.61 Å². The average Bonchev–Trinajstić information content (AvgIpc) is 2.87. The van der Waals surface area contributed by atoms with E-state index in [1.165, 1.54) is 0 Å². The average molecular weight is 296 g/mol. The fourth-order valence-corrected chi connectivity index (χ4v) is 2.98. The fourth-order valence-electron chi connectivity index (χ4n) is 2.77. The van der Waals surface area contributed by atoms with Crippen molar-refractivity contribution >= 4 is 17.5 Å². The summed E-state index contributed by atoms with van der Waals surface area (Å²) in [6, 6.07) is 6.07. The van der Waals surface area contributed by atoms with Crippen molar-refractivity contribution in [3.8, 4) is 0 Å². The van der Waals surface area contributed by atoms with Gasteiger partial charge >= 0.3 is 0 Å². The minimum Gasteiger partial charge on any atom is -0.396 e. The van der Waals surface area contributed by atoms with E-state index >= 15 is 0 Å². The predicted molar refractivity (Wildman–Crippen MR) is 80.9 cm³/mol. The molecule has 20 heavy (non-hydrogen) atoms. The fraction of sp³-hybridized carbons (Fsp3) is 0.562. The highest BCUT2D eigenvalue weighted by Crippen LogP contribution is 2.25. The molecule has 1 aliphatic rings. The van der Waals surface area contributed by atoms with Gasteiger partial charge in [0.25, 0.3) is 0 Å². The molecule has 1 amide bonds. The molecular weight excluding hydrogens is 274 g/mol. The third-order valence-electron chi connectivity index (χ3n) is 4.12. The number of hydrogen-bond donors (Lipinski definition) is 2. The highest BCUT2D eigenvalue weighted by Gasteiger charge is 2.27. The van der Waals surface area contributed by atoms with Crippen LogP contribution < -0.4 is 5.32 Å². The summed E-state index contributed by atoms with van der Waals surface area (Å²) >= 11 is 6.08. The van der Waals surface area contributed by atoms with E-state index in [0.29, 0.717) is 12.8 Å². The first-order valence-corrected chi connectivity index (χ1v) is 7.63. The van der Waals surface area contributed by atoms with Crippen LogP contribution in [0.2, 0.25) is 5.02 Å². The highest BCUT2D eigenvalue weighted by atomic mass is 35.5. The van der Waals surface area contributed by atoms with Crippen LogP contribution in [0, 0.1) is 12.8 Å². The molecule has 2 rings (SSSR count). The van der Waals surface area contributed by atoms with Crippen LogP contribution in [0.25, 0.3) is 0 Å². The second-order valence-corrected chi connectivity index (χ2v) is 6.04. The first kappa shape index (κ1) is 15.3. The second-order valence-electron chi connectivity index (χ2n) is 5.63. The molecule has 2 unspecified atom stereocenters. The first-order chi connectivity index (χ1) is 9.60. The molecule has 1 aliphatic carbocycles. The summed E-state index contributed by atoms with van der Waals surface area (Å²) in [7, 11) is 0. The first-order valence-electron chi connectivity index (χ1n) is 7.25. The molecule has 2 atom stereocenters. The van der Waals surface area contributed by atoms with Gasteiger partial charge in [-0.05, 0) is 43.4 Å². The summed E-state index contributed by atoms with van der Waals surface area (Å²) < 4.78 is 0. The minimum absolute atomic E-state index is 0.0621. The Hall–Kier alpha value is -1.06. The Labute approximate surface area is 125 Å². The molecule has 0 aliphatic heterocycles. The Morgan fingerprint density at radius 1 is 1.45 bits per heavy atom. The quantitative estimate of drug-likeness (QED) is 0.877. The van der Waals surface area contributed by atoms with Gasteiger partial charge in [-0.15, -0.1) is 0 Å². The molecule has 110 valence electrons. The van der Waals surface area contributed by atoms with E-state index in [-0.39, 0.29) is 24.5 Å². The lowest BCUT2D eigenvalue weighted by Crippen LogP contribution is -2.38. The predicted octanol–water partition coefficient (Wildman–Crippen LogP) is 2.86. The zero-order valence-electron chi connectivity index (χ0n) is 11.9. The van der Waals surface area contributed by atoms with Gasteiger partial charge in [0.05, 0.1) is 0 Å². The third kappa shape index (κ3) is 3.97. The smallest absolute Gasteiger partial charge is 0.220 e. The number of nitrogens with one attached hydrogen (secondary N) is 1. The van der Waals surface area contributed by atoms with Gasteiger partial charge in [0.15, 0.2) is 0 Å². The molecular formula is C16H22ClNO2. The van der Waals surface area contributed by atoms with Crippen LogP contribution in [0.15, 0.2) is 18.2 Å². The molecule has 1 aromatic rings. The van der Waals surface area contributed by atoms with Gasteiger partial charge in [-0.25, -0.2) is 0 Å². The van der Waals surface area contributed by atoms with Gasteiger partial charge in [0.2, 0.25) is 5.91 Å². The normalized spacial score (nSPS) is 21.9. The van der Waals surface area contributed by atoms with E-state index < -0.39 is 0 Å². The Bertz CT molecular complexity index is 476. The van der Waals surface area contributed by atoms with Crippen molar-refractivity contribution in [3.05, 3.63) is 34.3 Å². The van der Waals surface area contributed by atoms with Gasteiger partial charge in [-0.2, -0.15) is 0 Å². The molecule has 4 heteroatoms. The summed E-state index contributed by atoms with van der Waals surface area (Å²) in [6.45, 7) is 2.13. The standard InChI is InChI=1S/C16H22ClNO2/c1-11-5-6-12(9-14(11)17)7-8-16(20)18-15-4-2-3-13(15)10-19/h5-6,9,13,15,19H,2-4,7-8,10H2,1H3,(H,18,20). The van der Waals surface area contributed by atoms with Crippen molar-refractivity contribution in [1.82, 2.24) is 5.32 Å². The molecule has 1 saturated carbocycles. The van der Waals surface area contributed by atoms with E-state index in [9.17, 15) is 9.90 Å². The van der Waals surface area contributed by atoms with E-state index in [4.69, 9.17) is 11.6 Å². The van der Waals surface area contributed by atoms with Crippen molar-refractivity contribution in [1.29, 1.82) is 0 Å². The maximum Gasteiger partial charge on any atom is 0.220 e. The van der Waals surface area contributed by atoms with Gasteiger partial charge in [-0.3, -0.25) is 4.79 Å². The zero-order chi connectivity index (χ0) is 14.5. The number of benzene rings is 1. The topological polar surface area (TPSA) is 49.3 Å². The Morgan fingerprint density at radius 2 is 2.25 bits per heavy atom. The second kappa shape index (κ2) is 7.09. The molecule has 0 heterocycles. The van der Waals surface area contributed by atoms with Crippen molar-refractivity contribution in [2.24, 2.45) is 5.92 Å². The van der Waals surface area contributed by atoms with E-state index in [1.807, 2.05) is 25.1 Å². The molecule has 0 radical (unpaired) electrons. The van der Waals surface area contributed by atoms with Crippen LogP contribution in [-0.4, -0.2) is 23.7 Å². The maximum absolute atomic E-state index is 12.0. The van der Waals surface area contributed by atoms with Crippen LogP contribution in [0.3, 0.4) is 0 Å². The van der Waals surface area contributed by atoms with Crippen molar-refractivity contribution < 1.29 is 9.90 Å². The summed E-state index contributed by atoms with van der Waals surface area (Å²) in [5.74, 6) is 0.291. The number of halogens is 1. The number of carbonyl (C=O) groups is 1. The molecule has 0 spiro atoms. The molecule has 0 aromatic heterocycles. The molecule has 2 N–H and O–H groups in total. The van der Waals surface area contributed by atoms with Gasteiger partial charge < -0.3 is 10.4 Å². The Balaban J connectivity index is 1.81. The molecule has 0 saturated heterocycles.